The van der Waals surface area contributed by atoms with Crippen LogP contribution in [0.2, 0.25) is 0 Å². The molecule has 0 unspecified atom stereocenters. The average Bonchev–Trinajstić information content (AvgIpc) is 2.38. The maximum absolute atomic E-state index is 12.3. The number of para-hydroxylation sites is 1. The van der Waals surface area contributed by atoms with Crippen molar-refractivity contribution in [3.8, 4) is 0 Å². The molecule has 0 aliphatic heterocycles. The third-order valence-electron chi connectivity index (χ3n) is 3.00. The second-order valence-corrected chi connectivity index (χ2v) is 5.35. The molecule has 0 aliphatic rings. The van der Waals surface area contributed by atoms with Crippen LogP contribution in [0.5, 0.6) is 0 Å². The first-order chi connectivity index (χ1) is 9.29. The molecule has 1 aromatic carbocycles. The number of nitrogens with zero attached hydrogens (tertiary/aromatic N) is 1. The minimum absolute atomic E-state index is 0.137. The number of carbonyl (C=O) groups excluding carboxylic acids is 2. The van der Waals surface area contributed by atoms with Crippen LogP contribution in [0.3, 0.4) is 0 Å². The van der Waals surface area contributed by atoms with E-state index in [9.17, 15) is 9.59 Å². The highest BCUT2D eigenvalue weighted by molar-refractivity contribution is 6.05. The minimum atomic E-state index is -0.691. The van der Waals surface area contributed by atoms with Gasteiger partial charge in [0.15, 0.2) is 0 Å². The number of likely N-dealkylation sites (N-methyl/N-ethyl adjacent to an activating group) is 1. The number of hydrogen-bond donors (Lipinski definition) is 2. The molecule has 1 rings (SSSR count). The summed E-state index contributed by atoms with van der Waals surface area (Å²) in [6.07, 6.45) is 0. The van der Waals surface area contributed by atoms with Gasteiger partial charge in [-0.15, -0.1) is 0 Å². The van der Waals surface area contributed by atoms with Gasteiger partial charge in [-0.1, -0.05) is 19.1 Å². The Hall–Kier alpha value is -1.88. The second-order valence-electron chi connectivity index (χ2n) is 5.35. The second kappa shape index (κ2) is 6.52. The Labute approximate surface area is 120 Å². The van der Waals surface area contributed by atoms with Gasteiger partial charge in [0.1, 0.15) is 0 Å². The molecule has 0 atom stereocenters. The van der Waals surface area contributed by atoms with E-state index in [4.69, 9.17) is 0 Å². The fourth-order valence-corrected chi connectivity index (χ4v) is 1.82. The monoisotopic (exact) mass is 277 g/mol. The van der Waals surface area contributed by atoms with E-state index in [2.05, 4.69) is 10.6 Å². The Morgan fingerprint density at radius 2 is 1.80 bits per heavy atom. The fourth-order valence-electron chi connectivity index (χ4n) is 1.82. The van der Waals surface area contributed by atoms with E-state index in [0.717, 1.165) is 0 Å². The number of amides is 2. The van der Waals surface area contributed by atoms with E-state index in [0.29, 0.717) is 17.8 Å². The van der Waals surface area contributed by atoms with E-state index in [1.807, 2.05) is 20.8 Å². The summed E-state index contributed by atoms with van der Waals surface area (Å²) in [5, 5.41) is 5.93. The van der Waals surface area contributed by atoms with Crippen molar-refractivity contribution in [2.24, 2.45) is 0 Å². The molecular formula is C15H23N3O2. The van der Waals surface area contributed by atoms with Crippen LogP contribution in [0, 0.1) is 0 Å². The van der Waals surface area contributed by atoms with E-state index < -0.39 is 5.54 Å². The van der Waals surface area contributed by atoms with Crippen LogP contribution in [-0.4, -0.2) is 42.9 Å². The van der Waals surface area contributed by atoms with Gasteiger partial charge in [-0.25, -0.2) is 0 Å². The molecule has 20 heavy (non-hydrogen) atoms. The number of carbonyl (C=O) groups is 2. The third kappa shape index (κ3) is 3.81. The molecule has 5 heteroatoms. The van der Waals surface area contributed by atoms with Gasteiger partial charge in [-0.3, -0.25) is 9.59 Å². The van der Waals surface area contributed by atoms with E-state index in [1.54, 1.807) is 38.4 Å². The molecule has 0 heterocycles. The summed E-state index contributed by atoms with van der Waals surface area (Å²) in [5.41, 5.74) is 0.323. The third-order valence-corrected chi connectivity index (χ3v) is 3.00. The minimum Gasteiger partial charge on any atom is -0.345 e. The molecular weight excluding hydrogens is 254 g/mol. The van der Waals surface area contributed by atoms with Crippen molar-refractivity contribution >= 4 is 17.5 Å². The molecule has 0 bridgehead atoms. The molecule has 0 aliphatic carbocycles. The summed E-state index contributed by atoms with van der Waals surface area (Å²) in [4.78, 5) is 25.8. The summed E-state index contributed by atoms with van der Waals surface area (Å²) in [6.45, 7) is 6.25. The van der Waals surface area contributed by atoms with E-state index in [1.165, 1.54) is 4.90 Å². The normalized spacial score (nSPS) is 11.1. The first-order valence-electron chi connectivity index (χ1n) is 6.66. The quantitative estimate of drug-likeness (QED) is 0.861. The summed E-state index contributed by atoms with van der Waals surface area (Å²) in [5.74, 6) is -0.305. The van der Waals surface area contributed by atoms with Gasteiger partial charge >= 0.3 is 0 Å². The van der Waals surface area contributed by atoms with Crippen molar-refractivity contribution in [1.82, 2.24) is 10.2 Å². The molecule has 1 aromatic rings. The first kappa shape index (κ1) is 16.2. The van der Waals surface area contributed by atoms with Gasteiger partial charge in [-0.05, 0) is 32.5 Å². The highest BCUT2D eigenvalue weighted by Gasteiger charge is 2.27. The van der Waals surface area contributed by atoms with Crippen LogP contribution < -0.4 is 10.6 Å². The molecule has 0 saturated heterocycles. The zero-order chi connectivity index (χ0) is 15.3. The number of rotatable bonds is 5. The lowest BCUT2D eigenvalue weighted by Gasteiger charge is -2.25. The molecule has 0 spiro atoms. The zero-order valence-electron chi connectivity index (χ0n) is 12.8. The van der Waals surface area contributed by atoms with Gasteiger partial charge < -0.3 is 15.5 Å². The summed E-state index contributed by atoms with van der Waals surface area (Å²) >= 11 is 0. The lowest BCUT2D eigenvalue weighted by molar-refractivity contribution is -0.121. The van der Waals surface area contributed by atoms with Gasteiger partial charge in [0, 0.05) is 14.1 Å². The standard InChI is InChI=1S/C15H23N3O2/c1-6-16-15(2,3)14(20)17-12-10-8-7-9-11(12)13(19)18(4)5/h7-10,16H,6H2,1-5H3,(H,17,20). The van der Waals surface area contributed by atoms with Crippen LogP contribution in [0.25, 0.3) is 0 Å². The Kier molecular flexibility index (Phi) is 5.27. The van der Waals surface area contributed by atoms with Crippen molar-refractivity contribution in [2.45, 2.75) is 26.3 Å². The van der Waals surface area contributed by atoms with E-state index in [-0.39, 0.29) is 11.8 Å². The van der Waals surface area contributed by atoms with Crippen LogP contribution in [0.15, 0.2) is 24.3 Å². The SMILES string of the molecule is CCNC(C)(C)C(=O)Nc1ccccc1C(=O)N(C)C. The molecule has 0 fully saturated rings. The maximum atomic E-state index is 12.3. The lowest BCUT2D eigenvalue weighted by atomic mass is 10.0. The van der Waals surface area contributed by atoms with Gasteiger partial charge in [-0.2, -0.15) is 0 Å². The molecule has 5 nitrogen and oxygen atoms in total. The average molecular weight is 277 g/mol. The Morgan fingerprint density at radius 1 is 1.20 bits per heavy atom. The predicted molar refractivity (Wildman–Crippen MR) is 80.8 cm³/mol. The van der Waals surface area contributed by atoms with Gasteiger partial charge in [0.2, 0.25) is 5.91 Å². The number of hydrogen-bond acceptors (Lipinski definition) is 3. The van der Waals surface area contributed by atoms with Crippen LogP contribution in [-0.2, 0) is 4.79 Å². The van der Waals surface area contributed by atoms with Gasteiger partial charge in [0.25, 0.3) is 5.91 Å². The molecule has 0 radical (unpaired) electrons. The van der Waals surface area contributed by atoms with Crippen molar-refractivity contribution < 1.29 is 9.59 Å². The lowest BCUT2D eigenvalue weighted by Crippen LogP contribution is -2.49. The van der Waals surface area contributed by atoms with E-state index >= 15 is 0 Å². The molecule has 2 amide bonds. The number of benzene rings is 1. The van der Waals surface area contributed by atoms with Crippen molar-refractivity contribution in [2.75, 3.05) is 26.0 Å². The maximum Gasteiger partial charge on any atom is 0.255 e. The topological polar surface area (TPSA) is 61.4 Å². The number of nitrogens with one attached hydrogen (secondary N) is 2. The Balaban J connectivity index is 2.99. The van der Waals surface area contributed by atoms with Crippen molar-refractivity contribution in [3.63, 3.8) is 0 Å². The first-order valence-corrected chi connectivity index (χ1v) is 6.66. The molecule has 110 valence electrons. The Bertz CT molecular complexity index is 496. The summed E-state index contributed by atoms with van der Waals surface area (Å²) in [6, 6.07) is 7.01. The Morgan fingerprint density at radius 3 is 2.35 bits per heavy atom. The van der Waals surface area contributed by atoms with Crippen LogP contribution in [0.4, 0.5) is 5.69 Å². The van der Waals surface area contributed by atoms with Crippen molar-refractivity contribution in [3.05, 3.63) is 29.8 Å². The molecule has 0 aromatic heterocycles. The summed E-state index contributed by atoms with van der Waals surface area (Å²) < 4.78 is 0. The fraction of sp³-hybridized carbons (Fsp3) is 0.467. The van der Waals surface area contributed by atoms with Crippen LogP contribution >= 0.6 is 0 Å². The molecule has 0 saturated carbocycles. The van der Waals surface area contributed by atoms with Crippen LogP contribution in [0.1, 0.15) is 31.1 Å². The van der Waals surface area contributed by atoms with Crippen molar-refractivity contribution in [1.29, 1.82) is 0 Å². The zero-order valence-corrected chi connectivity index (χ0v) is 12.8. The van der Waals surface area contributed by atoms with Gasteiger partial charge in [0.05, 0.1) is 16.8 Å². The predicted octanol–water partition coefficient (Wildman–Crippen LogP) is 1.71. The highest BCUT2D eigenvalue weighted by Crippen LogP contribution is 2.18. The molecule has 2 N–H and O–H groups in total. The largest absolute Gasteiger partial charge is 0.345 e. The number of anilines is 1. The smallest absolute Gasteiger partial charge is 0.255 e. The highest BCUT2D eigenvalue weighted by atomic mass is 16.2. The summed E-state index contributed by atoms with van der Waals surface area (Å²) in [7, 11) is 3.37.